The summed E-state index contributed by atoms with van der Waals surface area (Å²) in [5.74, 6) is 0. The number of piperidine rings is 1. The molecule has 16 heavy (non-hydrogen) atoms. The van der Waals surface area contributed by atoms with E-state index in [-0.39, 0.29) is 0 Å². The highest BCUT2D eigenvalue weighted by Gasteiger charge is 2.31. The Balaban J connectivity index is 0.000000181. The van der Waals surface area contributed by atoms with E-state index in [2.05, 4.69) is 48.0 Å². The zero-order valence-electron chi connectivity index (χ0n) is 10.7. The number of hydrogen-bond acceptors (Lipinski definition) is 4. The lowest BCUT2D eigenvalue weighted by atomic mass is 9.83. The van der Waals surface area contributed by atoms with Gasteiger partial charge in [0.1, 0.15) is 19.0 Å². The fourth-order valence-corrected chi connectivity index (χ4v) is 2.22. The Morgan fingerprint density at radius 1 is 0.812 bits per heavy atom. The van der Waals surface area contributed by atoms with Gasteiger partial charge in [0, 0.05) is 11.1 Å². The normalized spacial score (nSPS) is 21.8. The quantitative estimate of drug-likeness (QED) is 0.731. The van der Waals surface area contributed by atoms with Crippen LogP contribution < -0.4 is 5.32 Å². The molecule has 0 saturated carbocycles. The monoisotopic (exact) mass is 222 g/mol. The molecule has 0 aliphatic carbocycles. The van der Waals surface area contributed by atoms with Gasteiger partial charge in [0.15, 0.2) is 0 Å². The summed E-state index contributed by atoms with van der Waals surface area (Å²) in [7, 11) is 0. The Morgan fingerprint density at radius 3 is 1.38 bits per heavy atom. The van der Waals surface area contributed by atoms with Gasteiger partial charge in [0.25, 0.3) is 0 Å². The third kappa shape index (κ3) is 5.16. The molecule has 4 heteroatoms. The zero-order chi connectivity index (χ0) is 12.1. The maximum atomic E-state index is 3.63. The van der Waals surface area contributed by atoms with Gasteiger partial charge in [-0.2, -0.15) is 0 Å². The number of nitrogens with one attached hydrogen (secondary N) is 1. The maximum Gasteiger partial charge on any atom is 0.119 e. The van der Waals surface area contributed by atoms with Crippen LogP contribution >= 0.6 is 0 Å². The molecule has 0 atom stereocenters. The van der Waals surface area contributed by atoms with Gasteiger partial charge >= 0.3 is 0 Å². The summed E-state index contributed by atoms with van der Waals surface area (Å²) in [6.07, 6.45) is 8.31. The lowest BCUT2D eigenvalue weighted by Gasteiger charge is -2.42. The van der Waals surface area contributed by atoms with E-state index in [0.717, 1.165) is 0 Å². The van der Waals surface area contributed by atoms with E-state index in [9.17, 15) is 0 Å². The van der Waals surface area contributed by atoms with Crippen LogP contribution in [0, 0.1) is 0 Å². The second kappa shape index (κ2) is 5.34. The van der Waals surface area contributed by atoms with Crippen molar-refractivity contribution in [2.75, 3.05) is 0 Å². The lowest BCUT2D eigenvalue weighted by molar-refractivity contribution is 0.183. The summed E-state index contributed by atoms with van der Waals surface area (Å²) < 4.78 is 0. The van der Waals surface area contributed by atoms with Crippen LogP contribution in [0.1, 0.15) is 47.0 Å². The van der Waals surface area contributed by atoms with Gasteiger partial charge in [-0.25, -0.2) is 15.0 Å². The largest absolute Gasteiger partial charge is 0.307 e. The van der Waals surface area contributed by atoms with Gasteiger partial charge < -0.3 is 5.32 Å². The van der Waals surface area contributed by atoms with Crippen LogP contribution in [0.5, 0.6) is 0 Å². The second-order valence-electron chi connectivity index (χ2n) is 5.54. The van der Waals surface area contributed by atoms with Crippen LogP contribution in [0.25, 0.3) is 0 Å². The molecule has 1 aliphatic heterocycles. The minimum atomic E-state index is 0.363. The number of nitrogens with zero attached hydrogens (tertiary/aromatic N) is 3. The molecule has 1 fully saturated rings. The standard InChI is InChI=1S/C9H19N.C3H3N3/c1-8(2)6-5-7-9(3,4)10-8;1-4-2-6-3-5-1/h10H,5-7H2,1-4H3;1-3H. The van der Waals surface area contributed by atoms with Crippen molar-refractivity contribution in [3.05, 3.63) is 19.0 Å². The third-order valence-corrected chi connectivity index (χ3v) is 2.68. The number of hydrogen-bond donors (Lipinski definition) is 1. The van der Waals surface area contributed by atoms with Crippen molar-refractivity contribution in [2.24, 2.45) is 0 Å². The van der Waals surface area contributed by atoms with Gasteiger partial charge in [-0.05, 0) is 47.0 Å². The first kappa shape index (κ1) is 13.0. The smallest absolute Gasteiger partial charge is 0.119 e. The average Bonchev–Trinajstić information content (AvgIpc) is 2.17. The van der Waals surface area contributed by atoms with Crippen molar-refractivity contribution in [3.63, 3.8) is 0 Å². The van der Waals surface area contributed by atoms with Gasteiger partial charge in [-0.3, -0.25) is 0 Å². The van der Waals surface area contributed by atoms with Crippen LogP contribution in [-0.4, -0.2) is 26.0 Å². The van der Waals surface area contributed by atoms with Gasteiger partial charge in [-0.1, -0.05) is 0 Å². The summed E-state index contributed by atoms with van der Waals surface area (Å²) in [6, 6.07) is 0. The molecule has 1 aromatic heterocycles. The summed E-state index contributed by atoms with van der Waals surface area (Å²) in [5, 5.41) is 3.63. The van der Waals surface area contributed by atoms with E-state index in [1.807, 2.05) is 0 Å². The molecule has 1 N–H and O–H groups in total. The molecular weight excluding hydrogens is 200 g/mol. The molecule has 0 amide bonds. The molecule has 0 unspecified atom stereocenters. The second-order valence-corrected chi connectivity index (χ2v) is 5.54. The molecule has 0 spiro atoms. The van der Waals surface area contributed by atoms with Crippen LogP contribution in [-0.2, 0) is 0 Å². The molecular formula is C12H22N4. The summed E-state index contributed by atoms with van der Waals surface area (Å²) in [6.45, 7) is 9.14. The fourth-order valence-electron chi connectivity index (χ4n) is 2.22. The van der Waals surface area contributed by atoms with Gasteiger partial charge in [0.05, 0.1) is 0 Å². The Hall–Kier alpha value is -1.03. The third-order valence-electron chi connectivity index (χ3n) is 2.68. The van der Waals surface area contributed by atoms with Crippen molar-refractivity contribution < 1.29 is 0 Å². The molecule has 0 bridgehead atoms. The Morgan fingerprint density at radius 2 is 1.19 bits per heavy atom. The number of rotatable bonds is 0. The van der Waals surface area contributed by atoms with E-state index in [4.69, 9.17) is 0 Å². The molecule has 90 valence electrons. The Labute approximate surface area is 97.9 Å². The predicted octanol–water partition coefficient (Wildman–Crippen LogP) is 2.19. The van der Waals surface area contributed by atoms with Crippen LogP contribution in [0.15, 0.2) is 19.0 Å². The van der Waals surface area contributed by atoms with E-state index in [1.54, 1.807) is 0 Å². The predicted molar refractivity (Wildman–Crippen MR) is 65.0 cm³/mol. The van der Waals surface area contributed by atoms with E-state index < -0.39 is 0 Å². The Bertz CT molecular complexity index is 254. The highest BCUT2D eigenvalue weighted by Crippen LogP contribution is 2.27. The minimum absolute atomic E-state index is 0.363. The van der Waals surface area contributed by atoms with E-state index in [0.29, 0.717) is 11.1 Å². The summed E-state index contributed by atoms with van der Waals surface area (Å²) in [5.41, 5.74) is 0.726. The van der Waals surface area contributed by atoms with Gasteiger partial charge in [0.2, 0.25) is 0 Å². The minimum Gasteiger partial charge on any atom is -0.307 e. The van der Waals surface area contributed by atoms with Crippen molar-refractivity contribution in [3.8, 4) is 0 Å². The van der Waals surface area contributed by atoms with E-state index >= 15 is 0 Å². The highest BCUT2D eigenvalue weighted by molar-refractivity contribution is 4.92. The first-order chi connectivity index (χ1) is 7.41. The zero-order valence-corrected chi connectivity index (χ0v) is 10.7. The van der Waals surface area contributed by atoms with Crippen molar-refractivity contribution in [1.29, 1.82) is 0 Å². The summed E-state index contributed by atoms with van der Waals surface area (Å²) in [4.78, 5) is 10.7. The maximum absolute atomic E-state index is 3.63. The molecule has 1 aromatic rings. The van der Waals surface area contributed by atoms with Crippen LogP contribution in [0.2, 0.25) is 0 Å². The molecule has 1 saturated heterocycles. The lowest BCUT2D eigenvalue weighted by Crippen LogP contribution is -2.55. The van der Waals surface area contributed by atoms with Crippen molar-refractivity contribution in [1.82, 2.24) is 20.3 Å². The molecule has 0 aromatic carbocycles. The molecule has 4 nitrogen and oxygen atoms in total. The van der Waals surface area contributed by atoms with Crippen molar-refractivity contribution >= 4 is 0 Å². The molecule has 1 aliphatic rings. The Kier molecular flexibility index (Phi) is 4.35. The first-order valence-electron chi connectivity index (χ1n) is 5.76. The topological polar surface area (TPSA) is 50.7 Å². The van der Waals surface area contributed by atoms with Gasteiger partial charge in [-0.15, -0.1) is 0 Å². The van der Waals surface area contributed by atoms with Crippen LogP contribution in [0.3, 0.4) is 0 Å². The fraction of sp³-hybridized carbons (Fsp3) is 0.750. The number of aromatic nitrogens is 3. The van der Waals surface area contributed by atoms with Crippen molar-refractivity contribution in [2.45, 2.75) is 58.0 Å². The molecule has 2 heterocycles. The molecule has 2 rings (SSSR count). The summed E-state index contributed by atoms with van der Waals surface area (Å²) >= 11 is 0. The average molecular weight is 222 g/mol. The SMILES string of the molecule is CC1(C)CCCC(C)(C)N1.c1ncncn1. The first-order valence-corrected chi connectivity index (χ1v) is 5.76. The van der Waals surface area contributed by atoms with E-state index in [1.165, 1.54) is 38.2 Å². The van der Waals surface area contributed by atoms with Crippen LogP contribution in [0.4, 0.5) is 0 Å². The highest BCUT2D eigenvalue weighted by atomic mass is 15.0. The molecule has 0 radical (unpaired) electrons.